The van der Waals surface area contributed by atoms with Gasteiger partial charge in [-0.15, -0.1) is 0 Å². The Bertz CT molecular complexity index is 659. The average Bonchev–Trinajstić information content (AvgIpc) is 2.61. The van der Waals surface area contributed by atoms with Crippen molar-refractivity contribution in [3.8, 4) is 0 Å². The van der Waals surface area contributed by atoms with Crippen LogP contribution in [0.2, 0.25) is 0 Å². The van der Waals surface area contributed by atoms with Crippen LogP contribution in [0.1, 0.15) is 30.3 Å². The Morgan fingerprint density at radius 3 is 2.22 bits per heavy atom. The Morgan fingerprint density at radius 2 is 1.61 bits per heavy atom. The molecule has 0 aliphatic carbocycles. The third kappa shape index (κ3) is 3.00. The molecule has 1 amide bonds. The highest BCUT2D eigenvalue weighted by atomic mass is 16.5. The van der Waals surface area contributed by atoms with Gasteiger partial charge >= 0.3 is 0 Å². The van der Waals surface area contributed by atoms with Gasteiger partial charge in [-0.3, -0.25) is 4.79 Å². The molecule has 1 aliphatic rings. The van der Waals surface area contributed by atoms with Crippen LogP contribution in [0.3, 0.4) is 0 Å². The summed E-state index contributed by atoms with van der Waals surface area (Å²) in [7, 11) is 1.76. The van der Waals surface area contributed by atoms with E-state index in [4.69, 9.17) is 4.74 Å². The minimum atomic E-state index is -0.982. The van der Waals surface area contributed by atoms with Crippen LogP contribution < -0.4 is 0 Å². The summed E-state index contributed by atoms with van der Waals surface area (Å²) in [6.45, 7) is 1.96. The van der Waals surface area contributed by atoms with Gasteiger partial charge in [0, 0.05) is 7.05 Å². The van der Waals surface area contributed by atoms with Crippen LogP contribution in [0.4, 0.5) is 0 Å². The second-order valence-electron chi connectivity index (χ2n) is 5.93. The second kappa shape index (κ2) is 6.52. The number of rotatable bonds is 3. The predicted molar refractivity (Wildman–Crippen MR) is 87.7 cm³/mol. The number of nitrogens with zero attached hydrogens (tertiary/aromatic N) is 1. The van der Waals surface area contributed by atoms with E-state index in [9.17, 15) is 9.90 Å². The first-order valence-electron chi connectivity index (χ1n) is 7.79. The molecule has 2 aromatic rings. The summed E-state index contributed by atoms with van der Waals surface area (Å²) < 4.78 is 6.04. The fourth-order valence-electron chi connectivity index (χ4n) is 2.97. The first kappa shape index (κ1) is 15.7. The van der Waals surface area contributed by atoms with Crippen LogP contribution in [-0.4, -0.2) is 35.1 Å². The standard InChI is InChI=1S/C19H21NO3/c1-13-17(15-11-7-4-8-12-15)23-18(19(22)20(13)2)16(21)14-9-5-3-6-10-14/h3-13,16-18,21H,1-2H3. The average molecular weight is 311 g/mol. The van der Waals surface area contributed by atoms with E-state index < -0.39 is 12.2 Å². The fraction of sp³-hybridized carbons (Fsp3) is 0.316. The van der Waals surface area contributed by atoms with Crippen LogP contribution in [0.15, 0.2) is 60.7 Å². The van der Waals surface area contributed by atoms with Gasteiger partial charge in [0.05, 0.1) is 6.04 Å². The molecule has 1 N–H and O–H groups in total. The van der Waals surface area contributed by atoms with E-state index in [0.29, 0.717) is 5.56 Å². The first-order valence-corrected chi connectivity index (χ1v) is 7.79. The molecule has 0 bridgehead atoms. The van der Waals surface area contributed by atoms with Crippen molar-refractivity contribution in [1.82, 2.24) is 4.90 Å². The molecule has 2 aromatic carbocycles. The van der Waals surface area contributed by atoms with Crippen LogP contribution in [0.25, 0.3) is 0 Å². The maximum Gasteiger partial charge on any atom is 0.254 e. The minimum Gasteiger partial charge on any atom is -0.385 e. The molecule has 3 rings (SSSR count). The van der Waals surface area contributed by atoms with Crippen molar-refractivity contribution < 1.29 is 14.6 Å². The lowest BCUT2D eigenvalue weighted by Gasteiger charge is -2.42. The largest absolute Gasteiger partial charge is 0.385 e. The van der Waals surface area contributed by atoms with E-state index in [0.717, 1.165) is 5.56 Å². The summed E-state index contributed by atoms with van der Waals surface area (Å²) in [6.07, 6.45) is -2.14. The van der Waals surface area contributed by atoms with Gasteiger partial charge in [-0.25, -0.2) is 0 Å². The molecule has 1 heterocycles. The number of morpholine rings is 1. The van der Waals surface area contributed by atoms with Gasteiger partial charge in [-0.2, -0.15) is 0 Å². The van der Waals surface area contributed by atoms with Crippen molar-refractivity contribution in [1.29, 1.82) is 0 Å². The van der Waals surface area contributed by atoms with Gasteiger partial charge in [0.25, 0.3) is 5.91 Å². The third-order valence-electron chi connectivity index (χ3n) is 4.49. The lowest BCUT2D eigenvalue weighted by atomic mass is 9.96. The molecule has 1 fully saturated rings. The molecule has 23 heavy (non-hydrogen) atoms. The van der Waals surface area contributed by atoms with Crippen molar-refractivity contribution in [2.75, 3.05) is 7.05 Å². The number of likely N-dealkylation sites (N-methyl/N-ethyl adjacent to an activating group) is 1. The van der Waals surface area contributed by atoms with Crippen molar-refractivity contribution in [3.05, 3.63) is 71.8 Å². The summed E-state index contributed by atoms with van der Waals surface area (Å²) in [4.78, 5) is 14.2. The number of benzene rings is 2. The lowest BCUT2D eigenvalue weighted by molar-refractivity contribution is -0.183. The van der Waals surface area contributed by atoms with Crippen molar-refractivity contribution in [3.63, 3.8) is 0 Å². The van der Waals surface area contributed by atoms with Crippen molar-refractivity contribution in [2.45, 2.75) is 31.3 Å². The van der Waals surface area contributed by atoms with E-state index in [2.05, 4.69) is 0 Å². The monoisotopic (exact) mass is 311 g/mol. The van der Waals surface area contributed by atoms with E-state index in [1.165, 1.54) is 0 Å². The smallest absolute Gasteiger partial charge is 0.254 e. The SMILES string of the molecule is CC1C(c2ccccc2)OC(C(O)c2ccccc2)C(=O)N1C. The number of aliphatic hydroxyl groups excluding tert-OH is 1. The Balaban J connectivity index is 1.90. The van der Waals surface area contributed by atoms with Crippen LogP contribution >= 0.6 is 0 Å². The normalized spacial score (nSPS) is 26.1. The van der Waals surface area contributed by atoms with Crippen molar-refractivity contribution >= 4 is 5.91 Å². The second-order valence-corrected chi connectivity index (χ2v) is 5.93. The maximum absolute atomic E-state index is 12.6. The molecule has 4 heteroatoms. The number of aliphatic hydroxyl groups is 1. The first-order chi connectivity index (χ1) is 11.1. The molecule has 0 saturated carbocycles. The summed E-state index contributed by atoms with van der Waals surface area (Å²) in [5.74, 6) is -0.193. The molecule has 1 aliphatic heterocycles. The molecular weight excluding hydrogens is 290 g/mol. The Morgan fingerprint density at radius 1 is 1.04 bits per heavy atom. The fourth-order valence-corrected chi connectivity index (χ4v) is 2.97. The van der Waals surface area contributed by atoms with Gasteiger partial charge in [0.2, 0.25) is 0 Å². The summed E-state index contributed by atoms with van der Waals surface area (Å²) in [5.41, 5.74) is 1.69. The number of ether oxygens (including phenoxy) is 1. The molecular formula is C19H21NO3. The molecule has 0 spiro atoms. The summed E-state index contributed by atoms with van der Waals surface area (Å²) >= 11 is 0. The zero-order valence-corrected chi connectivity index (χ0v) is 13.3. The third-order valence-corrected chi connectivity index (χ3v) is 4.49. The van der Waals surface area contributed by atoms with Gasteiger partial charge < -0.3 is 14.7 Å². The molecule has 4 unspecified atom stereocenters. The van der Waals surface area contributed by atoms with Gasteiger partial charge in [-0.1, -0.05) is 60.7 Å². The van der Waals surface area contributed by atoms with Crippen LogP contribution in [0.5, 0.6) is 0 Å². The minimum absolute atomic E-state index is 0.0934. The lowest BCUT2D eigenvalue weighted by Crippen LogP contribution is -2.53. The van der Waals surface area contributed by atoms with Crippen LogP contribution in [0, 0.1) is 0 Å². The van der Waals surface area contributed by atoms with E-state index in [1.54, 1.807) is 24.1 Å². The molecule has 4 nitrogen and oxygen atoms in total. The Kier molecular flexibility index (Phi) is 4.46. The number of hydrogen-bond donors (Lipinski definition) is 1. The van der Waals surface area contributed by atoms with Gasteiger partial charge in [-0.05, 0) is 18.1 Å². The highest BCUT2D eigenvalue weighted by Crippen LogP contribution is 2.35. The molecule has 120 valence electrons. The van der Waals surface area contributed by atoms with E-state index in [1.807, 2.05) is 55.5 Å². The Labute approximate surface area is 136 Å². The summed E-state index contributed by atoms with van der Waals surface area (Å²) in [6, 6.07) is 18.9. The van der Waals surface area contributed by atoms with Crippen molar-refractivity contribution in [2.24, 2.45) is 0 Å². The molecule has 4 atom stereocenters. The number of amides is 1. The summed E-state index contributed by atoms with van der Waals surface area (Å²) in [5, 5.41) is 10.6. The predicted octanol–water partition coefficient (Wildman–Crippen LogP) is 2.71. The van der Waals surface area contributed by atoms with Gasteiger partial charge in [0.1, 0.15) is 12.2 Å². The molecule has 0 aromatic heterocycles. The molecule has 0 radical (unpaired) electrons. The number of carbonyl (C=O) groups excluding carboxylic acids is 1. The topological polar surface area (TPSA) is 49.8 Å². The van der Waals surface area contributed by atoms with Crippen LogP contribution in [-0.2, 0) is 9.53 Å². The number of hydrogen-bond acceptors (Lipinski definition) is 3. The van der Waals surface area contributed by atoms with Gasteiger partial charge in [0.15, 0.2) is 6.10 Å². The zero-order chi connectivity index (χ0) is 16.4. The maximum atomic E-state index is 12.6. The highest BCUT2D eigenvalue weighted by molar-refractivity contribution is 5.82. The number of carbonyl (C=O) groups is 1. The zero-order valence-electron chi connectivity index (χ0n) is 13.3. The Hall–Kier alpha value is -2.17. The quantitative estimate of drug-likeness (QED) is 0.948. The highest BCUT2D eigenvalue weighted by Gasteiger charge is 2.42. The molecule has 1 saturated heterocycles. The van der Waals surface area contributed by atoms with E-state index in [-0.39, 0.29) is 18.1 Å². The van der Waals surface area contributed by atoms with E-state index >= 15 is 0 Å².